The number of allylic oxidation sites excluding steroid dienone is 6. The van der Waals surface area contributed by atoms with Gasteiger partial charge in [0, 0.05) is 31.6 Å². The molecule has 2 N–H and O–H groups in total. The van der Waals surface area contributed by atoms with E-state index in [1.54, 1.807) is 0 Å². The monoisotopic (exact) mass is 296 g/mol. The summed E-state index contributed by atoms with van der Waals surface area (Å²) in [6.07, 6.45) is 16.9. The van der Waals surface area contributed by atoms with Gasteiger partial charge in [-0.15, -0.1) is 0 Å². The molecule has 0 atom stereocenters. The number of rotatable bonds is 6. The molecule has 0 saturated carbocycles. The predicted molar refractivity (Wildman–Crippen MR) is 91.0 cm³/mol. The zero-order valence-corrected chi connectivity index (χ0v) is 13.6. The van der Waals surface area contributed by atoms with Crippen molar-refractivity contribution in [3.63, 3.8) is 0 Å². The van der Waals surface area contributed by atoms with Gasteiger partial charge < -0.3 is 10.6 Å². The minimum absolute atomic E-state index is 0.822. The van der Waals surface area contributed by atoms with Crippen LogP contribution in [0.4, 0.5) is 0 Å². The summed E-state index contributed by atoms with van der Waals surface area (Å²) in [5.74, 6) is 1.91. The molecule has 0 amide bonds. The summed E-state index contributed by atoms with van der Waals surface area (Å²) >= 11 is 0. The highest BCUT2D eigenvalue weighted by atomic mass is 15.1. The molecule has 1 aromatic heterocycles. The summed E-state index contributed by atoms with van der Waals surface area (Å²) in [7, 11) is 1.93. The Hall–Kier alpha value is -2.36. The zero-order chi connectivity index (χ0) is 15.8. The Balaban J connectivity index is 2.08. The average Bonchev–Trinajstić information content (AvgIpc) is 2.81. The van der Waals surface area contributed by atoms with Crippen molar-refractivity contribution in [2.75, 3.05) is 7.05 Å². The molecule has 1 aromatic rings. The number of aryl methyl sites for hydroxylation is 1. The fraction of sp³-hybridized carbons (Fsp3) is 0.333. The highest BCUT2D eigenvalue weighted by molar-refractivity contribution is 5.29. The normalized spacial score (nSPS) is 15.0. The summed E-state index contributed by atoms with van der Waals surface area (Å²) in [4.78, 5) is 8.72. The van der Waals surface area contributed by atoms with Crippen molar-refractivity contribution in [2.24, 2.45) is 0 Å². The SMILES string of the molecule is CCc1ncc(C/C(C)=C(/NC)NC2=CCC=CC=C2)cn1. The first-order valence-electron chi connectivity index (χ1n) is 7.70. The second-order valence-electron chi connectivity index (χ2n) is 5.25. The molecule has 1 aliphatic rings. The maximum atomic E-state index is 4.36. The standard InChI is InChI=1S/C18H24N4/c1-4-17-20-12-15(13-21-17)11-14(2)18(19-3)22-16-9-7-5-6-8-10-16/h5-7,9-10,12-13,19,22H,4,8,11H2,1-3H3/b18-14-. The molecule has 0 unspecified atom stereocenters. The van der Waals surface area contributed by atoms with E-state index in [9.17, 15) is 0 Å². The van der Waals surface area contributed by atoms with Crippen LogP contribution in [0.3, 0.4) is 0 Å². The largest absolute Gasteiger partial charge is 0.375 e. The second-order valence-corrected chi connectivity index (χ2v) is 5.25. The summed E-state index contributed by atoms with van der Waals surface area (Å²) < 4.78 is 0. The summed E-state index contributed by atoms with van der Waals surface area (Å²) in [6, 6.07) is 0. The van der Waals surface area contributed by atoms with Crippen LogP contribution in [0, 0.1) is 0 Å². The van der Waals surface area contributed by atoms with Gasteiger partial charge in [-0.3, -0.25) is 0 Å². The van der Waals surface area contributed by atoms with Crippen molar-refractivity contribution in [1.29, 1.82) is 0 Å². The van der Waals surface area contributed by atoms with Gasteiger partial charge >= 0.3 is 0 Å². The van der Waals surface area contributed by atoms with Gasteiger partial charge in [0.2, 0.25) is 0 Å². The predicted octanol–water partition coefficient (Wildman–Crippen LogP) is 3.02. The zero-order valence-electron chi connectivity index (χ0n) is 13.6. The highest BCUT2D eigenvalue weighted by Crippen LogP contribution is 2.11. The Morgan fingerprint density at radius 1 is 1.23 bits per heavy atom. The molecular weight excluding hydrogens is 272 g/mol. The minimum atomic E-state index is 0.822. The van der Waals surface area contributed by atoms with E-state index in [0.29, 0.717) is 0 Å². The van der Waals surface area contributed by atoms with Gasteiger partial charge in [-0.05, 0) is 37.0 Å². The van der Waals surface area contributed by atoms with E-state index < -0.39 is 0 Å². The molecule has 22 heavy (non-hydrogen) atoms. The van der Waals surface area contributed by atoms with Crippen molar-refractivity contribution < 1.29 is 0 Å². The summed E-state index contributed by atoms with van der Waals surface area (Å²) in [6.45, 7) is 4.18. The van der Waals surface area contributed by atoms with Gasteiger partial charge in [-0.1, -0.05) is 31.2 Å². The lowest BCUT2D eigenvalue weighted by Gasteiger charge is -2.15. The Morgan fingerprint density at radius 3 is 2.68 bits per heavy atom. The summed E-state index contributed by atoms with van der Waals surface area (Å²) in [5, 5.41) is 6.70. The van der Waals surface area contributed by atoms with E-state index in [0.717, 1.165) is 42.2 Å². The first-order valence-corrected chi connectivity index (χ1v) is 7.70. The van der Waals surface area contributed by atoms with Gasteiger partial charge in [0.1, 0.15) is 11.6 Å². The third-order valence-electron chi connectivity index (χ3n) is 3.49. The third kappa shape index (κ3) is 4.58. The van der Waals surface area contributed by atoms with Crippen LogP contribution in [0.1, 0.15) is 31.7 Å². The summed E-state index contributed by atoms with van der Waals surface area (Å²) in [5.41, 5.74) is 3.45. The lowest BCUT2D eigenvalue weighted by Crippen LogP contribution is -2.24. The number of aromatic nitrogens is 2. The third-order valence-corrected chi connectivity index (χ3v) is 3.49. The molecule has 0 aromatic carbocycles. The molecule has 0 bridgehead atoms. The van der Waals surface area contributed by atoms with Crippen molar-refractivity contribution in [3.05, 3.63) is 71.3 Å². The molecule has 116 valence electrons. The molecule has 4 heteroatoms. The van der Waals surface area contributed by atoms with E-state index in [1.807, 2.05) is 25.5 Å². The second kappa shape index (κ2) is 8.17. The molecule has 1 heterocycles. The first-order chi connectivity index (χ1) is 10.7. The van der Waals surface area contributed by atoms with Gasteiger partial charge in [0.15, 0.2) is 0 Å². The van der Waals surface area contributed by atoms with Gasteiger partial charge in [0.25, 0.3) is 0 Å². The number of nitrogens with zero attached hydrogens (tertiary/aromatic N) is 2. The van der Waals surface area contributed by atoms with E-state index in [-0.39, 0.29) is 0 Å². The van der Waals surface area contributed by atoms with Crippen molar-refractivity contribution in [2.45, 2.75) is 33.1 Å². The van der Waals surface area contributed by atoms with Crippen LogP contribution in [0.25, 0.3) is 0 Å². The Labute approximate surface area is 132 Å². The van der Waals surface area contributed by atoms with Crippen LogP contribution < -0.4 is 10.6 Å². The molecule has 0 aliphatic heterocycles. The fourth-order valence-corrected chi connectivity index (χ4v) is 2.25. The molecule has 0 radical (unpaired) electrons. The Kier molecular flexibility index (Phi) is 5.95. The first kappa shape index (κ1) is 16.0. The van der Waals surface area contributed by atoms with Crippen molar-refractivity contribution in [3.8, 4) is 0 Å². The van der Waals surface area contributed by atoms with Gasteiger partial charge in [-0.25, -0.2) is 9.97 Å². The van der Waals surface area contributed by atoms with Gasteiger partial charge in [0.05, 0.1) is 0 Å². The van der Waals surface area contributed by atoms with Crippen LogP contribution >= 0.6 is 0 Å². The van der Waals surface area contributed by atoms with Crippen LogP contribution in [-0.2, 0) is 12.8 Å². The molecule has 0 saturated heterocycles. The molecule has 4 nitrogen and oxygen atoms in total. The molecule has 0 spiro atoms. The maximum absolute atomic E-state index is 4.36. The topological polar surface area (TPSA) is 49.8 Å². The maximum Gasteiger partial charge on any atom is 0.127 e. The molecular formula is C18H24N4. The molecule has 0 fully saturated rings. The number of hydrogen-bond acceptors (Lipinski definition) is 4. The Morgan fingerprint density at radius 2 is 2.00 bits per heavy atom. The Bertz CT molecular complexity index is 606. The van der Waals surface area contributed by atoms with E-state index in [1.165, 1.54) is 5.57 Å². The smallest absolute Gasteiger partial charge is 0.127 e. The van der Waals surface area contributed by atoms with E-state index in [4.69, 9.17) is 0 Å². The molecule has 2 rings (SSSR count). The average molecular weight is 296 g/mol. The van der Waals surface area contributed by atoms with Gasteiger partial charge in [-0.2, -0.15) is 0 Å². The fourth-order valence-electron chi connectivity index (χ4n) is 2.25. The molecule has 1 aliphatic carbocycles. The lowest BCUT2D eigenvalue weighted by molar-refractivity contribution is 0.806. The van der Waals surface area contributed by atoms with E-state index >= 15 is 0 Å². The minimum Gasteiger partial charge on any atom is -0.375 e. The number of nitrogens with one attached hydrogen (secondary N) is 2. The van der Waals surface area contributed by atoms with Crippen LogP contribution in [-0.4, -0.2) is 17.0 Å². The lowest BCUT2D eigenvalue weighted by atomic mass is 10.1. The van der Waals surface area contributed by atoms with Crippen molar-refractivity contribution >= 4 is 0 Å². The quantitative estimate of drug-likeness (QED) is 0.847. The van der Waals surface area contributed by atoms with Crippen LogP contribution in [0.2, 0.25) is 0 Å². The number of hydrogen-bond donors (Lipinski definition) is 2. The van der Waals surface area contributed by atoms with Crippen LogP contribution in [0.15, 0.2) is 59.9 Å². The van der Waals surface area contributed by atoms with Crippen LogP contribution in [0.5, 0.6) is 0 Å². The van der Waals surface area contributed by atoms with Crippen molar-refractivity contribution in [1.82, 2.24) is 20.6 Å². The highest BCUT2D eigenvalue weighted by Gasteiger charge is 2.05. The van der Waals surface area contributed by atoms with E-state index in [2.05, 4.69) is 58.8 Å².